The van der Waals surface area contributed by atoms with Crippen LogP contribution in [0.5, 0.6) is 0 Å². The first-order chi connectivity index (χ1) is 7.34. The lowest BCUT2D eigenvalue weighted by Crippen LogP contribution is -2.50. The van der Waals surface area contributed by atoms with E-state index in [4.69, 9.17) is 5.73 Å². The van der Waals surface area contributed by atoms with Crippen molar-refractivity contribution in [1.29, 1.82) is 0 Å². The van der Waals surface area contributed by atoms with Crippen molar-refractivity contribution in [3.05, 3.63) is 0 Å². The van der Waals surface area contributed by atoms with Crippen LogP contribution in [0.15, 0.2) is 0 Å². The second-order valence-electron chi connectivity index (χ2n) is 4.17. The van der Waals surface area contributed by atoms with Gasteiger partial charge < -0.3 is 10.6 Å². The molecule has 2 N–H and O–H groups in total. The first kappa shape index (κ1) is 13.4. The number of hydrogen-bond donors (Lipinski definition) is 1. The largest absolute Gasteiger partial charge is 0.340 e. The molecule has 0 saturated carbocycles. The number of nitrogens with zero attached hydrogens (tertiary/aromatic N) is 2. The molecule has 16 heavy (non-hydrogen) atoms. The summed E-state index contributed by atoms with van der Waals surface area (Å²) in [6.45, 7) is 0.836. The molecule has 0 aromatic rings. The van der Waals surface area contributed by atoms with Crippen molar-refractivity contribution in [3.8, 4) is 0 Å². The standard InChI is InChI=1S/C9H19N3O3S/c1-11(2)16(14,15)7-6-12-5-3-4-8(10)9(12)13/h8H,3-7,10H2,1-2H3. The lowest BCUT2D eigenvalue weighted by Gasteiger charge is -2.30. The number of hydrogen-bond acceptors (Lipinski definition) is 4. The van der Waals surface area contributed by atoms with E-state index in [1.54, 1.807) is 0 Å². The van der Waals surface area contributed by atoms with Crippen molar-refractivity contribution in [2.24, 2.45) is 5.73 Å². The number of nitrogens with two attached hydrogens (primary N) is 1. The Balaban J connectivity index is 2.52. The highest BCUT2D eigenvalue weighted by Crippen LogP contribution is 2.10. The van der Waals surface area contributed by atoms with Gasteiger partial charge in [0.1, 0.15) is 0 Å². The topological polar surface area (TPSA) is 83.7 Å². The fourth-order valence-electron chi connectivity index (χ4n) is 1.60. The van der Waals surface area contributed by atoms with Crippen LogP contribution in [0.1, 0.15) is 12.8 Å². The zero-order valence-electron chi connectivity index (χ0n) is 9.72. The second-order valence-corrected chi connectivity index (χ2v) is 6.47. The molecule has 0 aromatic carbocycles. The first-order valence-corrected chi connectivity index (χ1v) is 6.90. The number of amides is 1. The van der Waals surface area contributed by atoms with E-state index in [-0.39, 0.29) is 18.2 Å². The lowest BCUT2D eigenvalue weighted by atomic mass is 10.1. The zero-order chi connectivity index (χ0) is 12.3. The molecule has 6 nitrogen and oxygen atoms in total. The maximum atomic E-state index is 11.6. The molecule has 0 spiro atoms. The summed E-state index contributed by atoms with van der Waals surface area (Å²) in [6.07, 6.45) is 1.53. The van der Waals surface area contributed by atoms with Crippen LogP contribution in [-0.2, 0) is 14.8 Å². The van der Waals surface area contributed by atoms with Gasteiger partial charge in [-0.2, -0.15) is 0 Å². The highest BCUT2D eigenvalue weighted by Gasteiger charge is 2.26. The smallest absolute Gasteiger partial charge is 0.239 e. The van der Waals surface area contributed by atoms with Gasteiger partial charge in [0.25, 0.3) is 0 Å². The molecule has 0 bridgehead atoms. The van der Waals surface area contributed by atoms with Gasteiger partial charge in [0.05, 0.1) is 11.8 Å². The first-order valence-electron chi connectivity index (χ1n) is 5.29. The van der Waals surface area contributed by atoms with Crippen LogP contribution in [0.2, 0.25) is 0 Å². The van der Waals surface area contributed by atoms with Gasteiger partial charge in [0, 0.05) is 27.2 Å². The summed E-state index contributed by atoms with van der Waals surface area (Å²) >= 11 is 0. The Labute approximate surface area is 96.4 Å². The van der Waals surface area contributed by atoms with Gasteiger partial charge in [-0.25, -0.2) is 12.7 Å². The zero-order valence-corrected chi connectivity index (χ0v) is 10.5. The van der Waals surface area contributed by atoms with Gasteiger partial charge in [-0.15, -0.1) is 0 Å². The summed E-state index contributed by atoms with van der Waals surface area (Å²) in [4.78, 5) is 13.1. The minimum absolute atomic E-state index is 0.0432. The summed E-state index contributed by atoms with van der Waals surface area (Å²) in [5.41, 5.74) is 5.62. The maximum Gasteiger partial charge on any atom is 0.239 e. The fourth-order valence-corrected chi connectivity index (χ4v) is 2.42. The Kier molecular flexibility index (Phi) is 4.28. The molecule has 1 rings (SSSR count). The van der Waals surface area contributed by atoms with E-state index in [1.807, 2.05) is 0 Å². The normalized spacial score (nSPS) is 22.9. The number of rotatable bonds is 4. The monoisotopic (exact) mass is 249 g/mol. The number of carbonyl (C=O) groups excluding carboxylic acids is 1. The molecule has 0 aliphatic carbocycles. The van der Waals surface area contributed by atoms with E-state index >= 15 is 0 Å². The average Bonchev–Trinajstić information content (AvgIpc) is 2.20. The SMILES string of the molecule is CN(C)S(=O)(=O)CCN1CCCC(N)C1=O. The van der Waals surface area contributed by atoms with Gasteiger partial charge >= 0.3 is 0 Å². The number of likely N-dealkylation sites (tertiary alicyclic amines) is 1. The van der Waals surface area contributed by atoms with Crippen LogP contribution in [-0.4, -0.2) is 62.5 Å². The number of piperidine rings is 1. The Morgan fingerprint density at radius 1 is 1.50 bits per heavy atom. The van der Waals surface area contributed by atoms with Gasteiger partial charge in [0.2, 0.25) is 15.9 Å². The molecule has 0 radical (unpaired) electrons. The summed E-state index contributed by atoms with van der Waals surface area (Å²) < 4.78 is 24.2. The van der Waals surface area contributed by atoms with E-state index in [0.29, 0.717) is 13.0 Å². The molecule has 1 aliphatic heterocycles. The highest BCUT2D eigenvalue weighted by molar-refractivity contribution is 7.89. The van der Waals surface area contributed by atoms with Crippen LogP contribution in [0.4, 0.5) is 0 Å². The molecule has 0 aromatic heterocycles. The molecule has 1 aliphatic rings. The summed E-state index contributed by atoms with van der Waals surface area (Å²) in [6, 6.07) is -0.462. The van der Waals surface area contributed by atoms with E-state index in [0.717, 1.165) is 6.42 Å². The van der Waals surface area contributed by atoms with Crippen LogP contribution < -0.4 is 5.73 Å². The Morgan fingerprint density at radius 2 is 2.12 bits per heavy atom. The van der Waals surface area contributed by atoms with Crippen LogP contribution in [0, 0.1) is 0 Å². The van der Waals surface area contributed by atoms with Crippen molar-refractivity contribution >= 4 is 15.9 Å². The molecule has 1 amide bonds. The molecule has 1 heterocycles. The third kappa shape index (κ3) is 3.16. The third-order valence-corrected chi connectivity index (χ3v) is 4.56. The van der Waals surface area contributed by atoms with Crippen LogP contribution in [0.3, 0.4) is 0 Å². The van der Waals surface area contributed by atoms with E-state index < -0.39 is 16.1 Å². The maximum absolute atomic E-state index is 11.6. The molecule has 1 atom stereocenters. The Bertz CT molecular complexity index is 353. The van der Waals surface area contributed by atoms with Crippen molar-refractivity contribution in [1.82, 2.24) is 9.21 Å². The van der Waals surface area contributed by atoms with Gasteiger partial charge in [-0.05, 0) is 12.8 Å². The average molecular weight is 249 g/mol. The van der Waals surface area contributed by atoms with Crippen molar-refractivity contribution in [2.75, 3.05) is 32.9 Å². The third-order valence-electron chi connectivity index (χ3n) is 2.75. The van der Waals surface area contributed by atoms with Crippen LogP contribution >= 0.6 is 0 Å². The molecular formula is C9H19N3O3S. The van der Waals surface area contributed by atoms with Crippen molar-refractivity contribution < 1.29 is 13.2 Å². The molecule has 94 valence electrons. The number of sulfonamides is 1. The number of carbonyl (C=O) groups is 1. The minimum atomic E-state index is -3.24. The Hall–Kier alpha value is -0.660. The molecule has 1 fully saturated rings. The second kappa shape index (κ2) is 5.11. The van der Waals surface area contributed by atoms with Gasteiger partial charge in [-0.3, -0.25) is 4.79 Å². The van der Waals surface area contributed by atoms with Gasteiger partial charge in [0.15, 0.2) is 0 Å². The molecule has 1 saturated heterocycles. The lowest BCUT2D eigenvalue weighted by molar-refractivity contribution is -0.134. The van der Waals surface area contributed by atoms with E-state index in [1.165, 1.54) is 23.3 Å². The molecule has 1 unspecified atom stereocenters. The van der Waals surface area contributed by atoms with Crippen molar-refractivity contribution in [3.63, 3.8) is 0 Å². The fraction of sp³-hybridized carbons (Fsp3) is 0.889. The quantitative estimate of drug-likeness (QED) is 0.680. The predicted octanol–water partition coefficient (Wildman–Crippen LogP) is -1.17. The molecule has 7 heteroatoms. The summed E-state index contributed by atoms with van der Waals surface area (Å²) in [5, 5.41) is 0. The summed E-state index contributed by atoms with van der Waals surface area (Å²) in [5.74, 6) is -0.182. The minimum Gasteiger partial charge on any atom is -0.340 e. The van der Waals surface area contributed by atoms with E-state index in [2.05, 4.69) is 0 Å². The van der Waals surface area contributed by atoms with Gasteiger partial charge in [-0.1, -0.05) is 0 Å². The predicted molar refractivity (Wildman–Crippen MR) is 61.3 cm³/mol. The van der Waals surface area contributed by atoms with Crippen LogP contribution in [0.25, 0.3) is 0 Å². The Morgan fingerprint density at radius 3 is 2.69 bits per heavy atom. The highest BCUT2D eigenvalue weighted by atomic mass is 32.2. The summed E-state index contributed by atoms with van der Waals surface area (Å²) in [7, 11) is -0.269. The van der Waals surface area contributed by atoms with Crippen molar-refractivity contribution in [2.45, 2.75) is 18.9 Å². The molecular weight excluding hydrogens is 230 g/mol. The van der Waals surface area contributed by atoms with E-state index in [9.17, 15) is 13.2 Å².